The van der Waals surface area contributed by atoms with E-state index in [1.54, 1.807) is 4.68 Å². The van der Waals surface area contributed by atoms with E-state index in [1.807, 2.05) is 7.05 Å². The van der Waals surface area contributed by atoms with E-state index in [1.165, 1.54) is 0 Å². The Hall–Kier alpha value is -0.420. The van der Waals surface area contributed by atoms with Crippen molar-refractivity contribution < 1.29 is 5.11 Å². The van der Waals surface area contributed by atoms with E-state index >= 15 is 0 Å². The molecular weight excluding hydrogens is 270 g/mol. The van der Waals surface area contributed by atoms with Crippen LogP contribution in [0, 0.1) is 11.3 Å². The smallest absolute Gasteiger partial charge is 0.154 e. The molecule has 90 valence electrons. The Morgan fingerprint density at radius 2 is 2.12 bits per heavy atom. The fourth-order valence-corrected chi connectivity index (χ4v) is 3.75. The summed E-state index contributed by atoms with van der Waals surface area (Å²) >= 11 is 3.37. The standard InChI is InChI=1S/C11H18BrN3O/c1-7-5-10(2,3)6-11(7,16)8-9(12)13-14-15(8)4/h7,16H,5-6H2,1-4H3. The molecule has 1 aromatic rings. The van der Waals surface area contributed by atoms with E-state index in [4.69, 9.17) is 0 Å². The minimum atomic E-state index is -0.819. The molecular formula is C11H18BrN3O. The first-order chi connectivity index (χ1) is 7.26. The maximum atomic E-state index is 10.9. The second-order valence-corrected chi connectivity index (χ2v) is 6.47. The molecule has 0 aromatic carbocycles. The minimum Gasteiger partial charge on any atom is -0.383 e. The predicted octanol–water partition coefficient (Wildman–Crippen LogP) is 2.22. The largest absolute Gasteiger partial charge is 0.383 e. The molecule has 0 bridgehead atoms. The highest BCUT2D eigenvalue weighted by molar-refractivity contribution is 9.10. The van der Waals surface area contributed by atoms with Crippen LogP contribution in [0.15, 0.2) is 4.60 Å². The molecule has 1 aromatic heterocycles. The third-order valence-corrected chi connectivity index (χ3v) is 4.15. The first kappa shape index (κ1) is 12.0. The highest BCUT2D eigenvalue weighted by Gasteiger charge is 2.51. The summed E-state index contributed by atoms with van der Waals surface area (Å²) in [4.78, 5) is 0. The van der Waals surface area contributed by atoms with Crippen LogP contribution >= 0.6 is 15.9 Å². The second kappa shape index (κ2) is 3.53. The molecule has 5 heteroatoms. The monoisotopic (exact) mass is 287 g/mol. The lowest BCUT2D eigenvalue weighted by atomic mass is 9.87. The van der Waals surface area contributed by atoms with Crippen molar-refractivity contribution in [3.63, 3.8) is 0 Å². The highest BCUT2D eigenvalue weighted by atomic mass is 79.9. The van der Waals surface area contributed by atoms with Crippen molar-refractivity contribution in [2.75, 3.05) is 0 Å². The topological polar surface area (TPSA) is 50.9 Å². The predicted molar refractivity (Wildman–Crippen MR) is 64.8 cm³/mol. The fraction of sp³-hybridized carbons (Fsp3) is 0.818. The Kier molecular flexibility index (Phi) is 2.66. The molecule has 1 fully saturated rings. The third-order valence-electron chi connectivity index (χ3n) is 3.62. The van der Waals surface area contributed by atoms with Crippen molar-refractivity contribution in [2.24, 2.45) is 18.4 Å². The average Bonchev–Trinajstić information content (AvgIpc) is 2.52. The lowest BCUT2D eigenvalue weighted by Gasteiger charge is -2.28. The number of hydrogen-bond donors (Lipinski definition) is 1. The summed E-state index contributed by atoms with van der Waals surface area (Å²) in [6.07, 6.45) is 1.77. The van der Waals surface area contributed by atoms with Gasteiger partial charge in [-0.3, -0.25) is 0 Å². The van der Waals surface area contributed by atoms with Crippen LogP contribution < -0.4 is 0 Å². The van der Waals surface area contributed by atoms with Crippen LogP contribution in [0.4, 0.5) is 0 Å². The quantitative estimate of drug-likeness (QED) is 0.862. The van der Waals surface area contributed by atoms with Gasteiger partial charge in [0.1, 0.15) is 11.3 Å². The van der Waals surface area contributed by atoms with Crippen molar-refractivity contribution in [3.8, 4) is 0 Å². The Labute approximate surface area is 104 Å². The van der Waals surface area contributed by atoms with Gasteiger partial charge in [0, 0.05) is 7.05 Å². The van der Waals surface area contributed by atoms with Gasteiger partial charge in [-0.1, -0.05) is 26.0 Å². The van der Waals surface area contributed by atoms with Gasteiger partial charge in [0.05, 0.1) is 0 Å². The molecule has 1 heterocycles. The van der Waals surface area contributed by atoms with Crippen molar-refractivity contribution in [1.82, 2.24) is 15.0 Å². The van der Waals surface area contributed by atoms with Crippen LogP contribution in [0.1, 0.15) is 39.3 Å². The van der Waals surface area contributed by atoms with Gasteiger partial charge in [0.15, 0.2) is 4.60 Å². The zero-order chi connectivity index (χ0) is 12.1. The molecule has 1 saturated carbocycles. The molecule has 0 aliphatic heterocycles. The van der Waals surface area contributed by atoms with E-state index in [2.05, 4.69) is 47.0 Å². The first-order valence-corrected chi connectivity index (χ1v) is 6.33. The van der Waals surface area contributed by atoms with Crippen molar-refractivity contribution in [2.45, 2.75) is 39.2 Å². The summed E-state index contributed by atoms with van der Waals surface area (Å²) < 4.78 is 2.32. The van der Waals surface area contributed by atoms with Gasteiger partial charge in [-0.2, -0.15) is 0 Å². The molecule has 0 saturated heterocycles. The van der Waals surface area contributed by atoms with E-state index in [-0.39, 0.29) is 11.3 Å². The molecule has 1 aliphatic rings. The Morgan fingerprint density at radius 3 is 2.50 bits per heavy atom. The maximum Gasteiger partial charge on any atom is 0.154 e. The highest BCUT2D eigenvalue weighted by Crippen LogP contribution is 2.53. The number of aliphatic hydroxyl groups is 1. The first-order valence-electron chi connectivity index (χ1n) is 5.54. The maximum absolute atomic E-state index is 10.9. The van der Waals surface area contributed by atoms with E-state index in [9.17, 15) is 5.11 Å². The van der Waals surface area contributed by atoms with E-state index in [0.29, 0.717) is 4.60 Å². The Bertz CT molecular complexity index is 396. The molecule has 0 radical (unpaired) electrons. The Morgan fingerprint density at radius 1 is 1.50 bits per heavy atom. The molecule has 2 unspecified atom stereocenters. The van der Waals surface area contributed by atoms with Gasteiger partial charge in [0.25, 0.3) is 0 Å². The average molecular weight is 288 g/mol. The minimum absolute atomic E-state index is 0.165. The molecule has 1 N–H and O–H groups in total. The van der Waals surface area contributed by atoms with E-state index < -0.39 is 5.60 Å². The molecule has 16 heavy (non-hydrogen) atoms. The van der Waals surface area contributed by atoms with Crippen molar-refractivity contribution >= 4 is 15.9 Å². The normalized spacial score (nSPS) is 33.2. The number of rotatable bonds is 1. The van der Waals surface area contributed by atoms with Crippen LogP contribution in [0.25, 0.3) is 0 Å². The summed E-state index contributed by atoms with van der Waals surface area (Å²) in [5, 5.41) is 18.8. The summed E-state index contributed by atoms with van der Waals surface area (Å²) in [6, 6.07) is 0. The van der Waals surface area contributed by atoms with Gasteiger partial charge in [0.2, 0.25) is 0 Å². The van der Waals surface area contributed by atoms with Crippen LogP contribution in [0.2, 0.25) is 0 Å². The van der Waals surface area contributed by atoms with Crippen molar-refractivity contribution in [3.05, 3.63) is 10.3 Å². The van der Waals surface area contributed by atoms with Crippen molar-refractivity contribution in [1.29, 1.82) is 0 Å². The van der Waals surface area contributed by atoms with Gasteiger partial charge >= 0.3 is 0 Å². The number of aryl methyl sites for hydroxylation is 1. The van der Waals surface area contributed by atoms with E-state index in [0.717, 1.165) is 18.5 Å². The van der Waals surface area contributed by atoms with Crippen LogP contribution in [-0.2, 0) is 12.6 Å². The molecule has 2 rings (SSSR count). The van der Waals surface area contributed by atoms with Crippen LogP contribution in [0.5, 0.6) is 0 Å². The summed E-state index contributed by atoms with van der Waals surface area (Å²) in [5.74, 6) is 0.219. The molecule has 2 atom stereocenters. The van der Waals surface area contributed by atoms with Crippen LogP contribution in [0.3, 0.4) is 0 Å². The number of aromatic nitrogens is 3. The van der Waals surface area contributed by atoms with Gasteiger partial charge in [-0.25, -0.2) is 4.68 Å². The zero-order valence-corrected chi connectivity index (χ0v) is 11.7. The number of halogens is 1. The SMILES string of the molecule is CC1CC(C)(C)CC1(O)c1c(Br)nnn1C. The second-order valence-electron chi connectivity index (χ2n) is 5.72. The summed E-state index contributed by atoms with van der Waals surface area (Å²) in [5.41, 5.74) is 0.143. The Balaban J connectivity index is 2.48. The van der Waals surface area contributed by atoms with Gasteiger partial charge in [-0.15, -0.1) is 5.10 Å². The lowest BCUT2D eigenvalue weighted by molar-refractivity contribution is -0.00910. The lowest BCUT2D eigenvalue weighted by Crippen LogP contribution is -2.32. The number of hydrogen-bond acceptors (Lipinski definition) is 3. The fourth-order valence-electron chi connectivity index (χ4n) is 3.08. The zero-order valence-electron chi connectivity index (χ0n) is 10.2. The van der Waals surface area contributed by atoms with Gasteiger partial charge < -0.3 is 5.11 Å². The molecule has 4 nitrogen and oxygen atoms in total. The van der Waals surface area contributed by atoms with Gasteiger partial charge in [-0.05, 0) is 40.1 Å². The van der Waals surface area contributed by atoms with Crippen LogP contribution in [-0.4, -0.2) is 20.1 Å². The summed E-state index contributed by atoms with van der Waals surface area (Å²) in [6.45, 7) is 6.48. The molecule has 1 aliphatic carbocycles. The molecule has 0 amide bonds. The third kappa shape index (κ3) is 1.70. The summed E-state index contributed by atoms with van der Waals surface area (Å²) in [7, 11) is 1.82. The molecule has 0 spiro atoms. The number of nitrogens with zero attached hydrogens (tertiary/aromatic N) is 3.